The second kappa shape index (κ2) is 9.22. The summed E-state index contributed by atoms with van der Waals surface area (Å²) in [5.74, 6) is 0.621. The van der Waals surface area contributed by atoms with E-state index < -0.39 is 0 Å². The van der Waals surface area contributed by atoms with E-state index in [2.05, 4.69) is 49.5 Å². The van der Waals surface area contributed by atoms with Crippen LogP contribution in [0.5, 0.6) is 0 Å². The van der Waals surface area contributed by atoms with Crippen molar-refractivity contribution in [1.82, 2.24) is 5.32 Å². The van der Waals surface area contributed by atoms with Crippen LogP contribution < -0.4 is 5.32 Å². The Hall–Kier alpha value is -0.860. The number of likely N-dealkylation sites (N-methyl/N-ethyl adjacent to an activating group) is 1. The fraction of sp³-hybridized carbons (Fsp3) is 0.684. The van der Waals surface area contributed by atoms with Gasteiger partial charge in [0.2, 0.25) is 0 Å². The minimum Gasteiger partial charge on any atom is -0.378 e. The predicted molar refractivity (Wildman–Crippen MR) is 89.8 cm³/mol. The highest BCUT2D eigenvalue weighted by Gasteiger charge is 2.22. The second-order valence-corrected chi connectivity index (χ2v) is 6.16. The Morgan fingerprint density at radius 1 is 1.24 bits per heavy atom. The van der Waals surface area contributed by atoms with Crippen LogP contribution in [-0.2, 0) is 4.74 Å². The summed E-state index contributed by atoms with van der Waals surface area (Å²) in [6.07, 6.45) is 8.00. The van der Waals surface area contributed by atoms with E-state index in [0.29, 0.717) is 18.1 Å². The standard InChI is InChI=1S/C19H31NO/c1-3-18(16-10-6-5-7-11-16)19(20-4-2)14-8-12-17-13-9-15-21-17/h5-7,10-11,17-20H,3-4,8-9,12-15H2,1-2H3. The number of hydrogen-bond donors (Lipinski definition) is 1. The summed E-state index contributed by atoms with van der Waals surface area (Å²) in [6, 6.07) is 11.6. The van der Waals surface area contributed by atoms with E-state index in [4.69, 9.17) is 4.74 Å². The molecule has 1 saturated heterocycles. The molecule has 1 aliphatic rings. The van der Waals surface area contributed by atoms with Crippen molar-refractivity contribution in [1.29, 1.82) is 0 Å². The van der Waals surface area contributed by atoms with Crippen LogP contribution in [0, 0.1) is 0 Å². The van der Waals surface area contributed by atoms with Crippen molar-refractivity contribution >= 4 is 0 Å². The summed E-state index contributed by atoms with van der Waals surface area (Å²) in [6.45, 7) is 6.55. The molecule has 0 saturated carbocycles. The Morgan fingerprint density at radius 2 is 2.05 bits per heavy atom. The maximum absolute atomic E-state index is 5.75. The molecule has 0 radical (unpaired) electrons. The summed E-state index contributed by atoms with van der Waals surface area (Å²) >= 11 is 0. The van der Waals surface area contributed by atoms with Gasteiger partial charge in [0.25, 0.3) is 0 Å². The lowest BCUT2D eigenvalue weighted by Gasteiger charge is -2.28. The Kier molecular flexibility index (Phi) is 7.25. The molecule has 0 amide bonds. The first kappa shape index (κ1) is 16.5. The summed E-state index contributed by atoms with van der Waals surface area (Å²) in [4.78, 5) is 0. The van der Waals surface area contributed by atoms with Crippen LogP contribution in [0.15, 0.2) is 30.3 Å². The third-order valence-corrected chi connectivity index (χ3v) is 4.68. The fourth-order valence-corrected chi connectivity index (χ4v) is 3.60. The molecule has 1 aromatic rings. The van der Waals surface area contributed by atoms with E-state index in [-0.39, 0.29) is 0 Å². The van der Waals surface area contributed by atoms with E-state index in [0.717, 1.165) is 13.2 Å². The highest BCUT2D eigenvalue weighted by atomic mass is 16.5. The average molecular weight is 289 g/mol. The van der Waals surface area contributed by atoms with Gasteiger partial charge in [-0.1, -0.05) is 44.2 Å². The Morgan fingerprint density at radius 3 is 2.67 bits per heavy atom. The zero-order chi connectivity index (χ0) is 14.9. The van der Waals surface area contributed by atoms with E-state index in [1.54, 1.807) is 0 Å². The quantitative estimate of drug-likeness (QED) is 0.722. The van der Waals surface area contributed by atoms with E-state index in [1.165, 1.54) is 44.1 Å². The zero-order valence-corrected chi connectivity index (χ0v) is 13.7. The fourth-order valence-electron chi connectivity index (χ4n) is 3.60. The van der Waals surface area contributed by atoms with Crippen molar-refractivity contribution in [2.24, 2.45) is 0 Å². The molecule has 0 bridgehead atoms. The lowest BCUT2D eigenvalue weighted by Crippen LogP contribution is -2.35. The van der Waals surface area contributed by atoms with Gasteiger partial charge in [-0.2, -0.15) is 0 Å². The van der Waals surface area contributed by atoms with Crippen molar-refractivity contribution in [3.8, 4) is 0 Å². The first-order chi connectivity index (χ1) is 10.3. The van der Waals surface area contributed by atoms with Crippen LogP contribution >= 0.6 is 0 Å². The van der Waals surface area contributed by atoms with Gasteiger partial charge in [-0.25, -0.2) is 0 Å². The van der Waals surface area contributed by atoms with Crippen LogP contribution in [0.4, 0.5) is 0 Å². The highest BCUT2D eigenvalue weighted by molar-refractivity contribution is 5.21. The second-order valence-electron chi connectivity index (χ2n) is 6.16. The summed E-state index contributed by atoms with van der Waals surface area (Å²) in [5, 5.41) is 3.72. The molecule has 2 nitrogen and oxygen atoms in total. The largest absolute Gasteiger partial charge is 0.378 e. The molecule has 0 aliphatic carbocycles. The monoisotopic (exact) mass is 289 g/mol. The van der Waals surface area contributed by atoms with E-state index in [1.807, 2.05) is 0 Å². The van der Waals surface area contributed by atoms with Crippen molar-refractivity contribution in [2.75, 3.05) is 13.2 Å². The number of rotatable bonds is 9. The van der Waals surface area contributed by atoms with Gasteiger partial charge in [0.05, 0.1) is 6.10 Å². The van der Waals surface area contributed by atoms with Crippen LogP contribution in [0.2, 0.25) is 0 Å². The first-order valence-electron chi connectivity index (χ1n) is 8.75. The van der Waals surface area contributed by atoms with Crippen LogP contribution in [-0.4, -0.2) is 25.3 Å². The van der Waals surface area contributed by atoms with E-state index >= 15 is 0 Å². The molecule has 118 valence electrons. The molecule has 1 heterocycles. The normalized spacial score (nSPS) is 21.3. The number of benzene rings is 1. The Bertz CT molecular complexity index is 372. The predicted octanol–water partition coefficient (Wildman–Crippen LogP) is 4.51. The smallest absolute Gasteiger partial charge is 0.0576 e. The van der Waals surface area contributed by atoms with Gasteiger partial charge in [-0.15, -0.1) is 0 Å². The van der Waals surface area contributed by atoms with Crippen molar-refractivity contribution in [2.45, 2.75) is 70.4 Å². The number of hydrogen-bond acceptors (Lipinski definition) is 2. The molecule has 2 rings (SSSR count). The SMILES string of the molecule is CCNC(CCCC1CCCO1)C(CC)c1ccccc1. The van der Waals surface area contributed by atoms with Crippen molar-refractivity contribution in [3.63, 3.8) is 0 Å². The van der Waals surface area contributed by atoms with Gasteiger partial charge in [0, 0.05) is 12.6 Å². The van der Waals surface area contributed by atoms with Gasteiger partial charge in [0.1, 0.15) is 0 Å². The van der Waals surface area contributed by atoms with Crippen LogP contribution in [0.25, 0.3) is 0 Å². The lowest BCUT2D eigenvalue weighted by atomic mass is 9.86. The maximum atomic E-state index is 5.75. The summed E-state index contributed by atoms with van der Waals surface area (Å²) < 4.78 is 5.75. The van der Waals surface area contributed by atoms with E-state index in [9.17, 15) is 0 Å². The maximum Gasteiger partial charge on any atom is 0.0576 e. The zero-order valence-electron chi connectivity index (χ0n) is 13.7. The number of nitrogens with one attached hydrogen (secondary N) is 1. The number of ether oxygens (including phenoxy) is 1. The molecule has 1 N–H and O–H groups in total. The highest BCUT2D eigenvalue weighted by Crippen LogP contribution is 2.27. The van der Waals surface area contributed by atoms with Crippen molar-refractivity contribution in [3.05, 3.63) is 35.9 Å². The molecule has 1 aliphatic heterocycles. The minimum atomic E-state index is 0.532. The first-order valence-corrected chi connectivity index (χ1v) is 8.75. The third kappa shape index (κ3) is 5.12. The van der Waals surface area contributed by atoms with Gasteiger partial charge >= 0.3 is 0 Å². The van der Waals surface area contributed by atoms with Crippen molar-refractivity contribution < 1.29 is 4.74 Å². The van der Waals surface area contributed by atoms with Gasteiger partial charge < -0.3 is 10.1 Å². The van der Waals surface area contributed by atoms with Gasteiger partial charge in [0.15, 0.2) is 0 Å². The lowest BCUT2D eigenvalue weighted by molar-refractivity contribution is 0.101. The summed E-state index contributed by atoms with van der Waals surface area (Å²) in [7, 11) is 0. The Balaban J connectivity index is 1.89. The topological polar surface area (TPSA) is 21.3 Å². The molecule has 21 heavy (non-hydrogen) atoms. The minimum absolute atomic E-state index is 0.532. The Labute approximate surface area is 130 Å². The molecule has 0 aromatic heterocycles. The third-order valence-electron chi connectivity index (χ3n) is 4.68. The molecule has 3 atom stereocenters. The average Bonchev–Trinajstić information content (AvgIpc) is 3.02. The molecular weight excluding hydrogens is 258 g/mol. The van der Waals surface area contributed by atoms with Crippen LogP contribution in [0.1, 0.15) is 63.9 Å². The molecule has 1 aromatic carbocycles. The van der Waals surface area contributed by atoms with Crippen LogP contribution in [0.3, 0.4) is 0 Å². The van der Waals surface area contributed by atoms with Gasteiger partial charge in [-0.3, -0.25) is 0 Å². The molecule has 0 spiro atoms. The van der Waals surface area contributed by atoms with Gasteiger partial charge in [-0.05, 0) is 56.6 Å². The summed E-state index contributed by atoms with van der Waals surface area (Å²) in [5.41, 5.74) is 1.48. The molecule has 3 unspecified atom stereocenters. The molecular formula is C19H31NO. The molecule has 2 heteroatoms. The molecule has 1 fully saturated rings.